The second-order valence-corrected chi connectivity index (χ2v) is 5.22. The Balaban J connectivity index is 2.39. The Hall–Kier alpha value is -0.510. The van der Waals surface area contributed by atoms with Crippen molar-refractivity contribution in [2.75, 3.05) is 0 Å². The van der Waals surface area contributed by atoms with Crippen LogP contribution in [0, 0.1) is 0 Å². The van der Waals surface area contributed by atoms with Gasteiger partial charge < -0.3 is 4.74 Å². The van der Waals surface area contributed by atoms with Crippen molar-refractivity contribution >= 4 is 43.5 Å². The maximum Gasteiger partial charge on any atom is 0.150 e. The first-order chi connectivity index (χ1) is 8.22. The summed E-state index contributed by atoms with van der Waals surface area (Å²) in [6.07, 6.45) is 0. The normalized spacial score (nSPS) is 10.3. The number of hydrogen-bond donors (Lipinski definition) is 0. The van der Waals surface area contributed by atoms with Crippen molar-refractivity contribution < 1.29 is 4.74 Å². The van der Waals surface area contributed by atoms with Crippen molar-refractivity contribution in [2.45, 2.75) is 5.33 Å². The van der Waals surface area contributed by atoms with Crippen LogP contribution in [0.2, 0.25) is 5.02 Å². The third-order valence-corrected chi connectivity index (χ3v) is 3.80. The molecule has 2 aromatic carbocycles. The summed E-state index contributed by atoms with van der Waals surface area (Å²) in [5.74, 6) is 1.45. The molecule has 17 heavy (non-hydrogen) atoms. The number of hydrogen-bond acceptors (Lipinski definition) is 1. The fourth-order valence-corrected chi connectivity index (χ4v) is 2.45. The molecule has 2 rings (SSSR count). The van der Waals surface area contributed by atoms with Gasteiger partial charge in [-0.15, -0.1) is 0 Å². The van der Waals surface area contributed by atoms with Gasteiger partial charge in [-0.3, -0.25) is 0 Å². The molecule has 0 bridgehead atoms. The Labute approximate surface area is 122 Å². The van der Waals surface area contributed by atoms with E-state index in [1.54, 1.807) is 0 Å². The highest BCUT2D eigenvalue weighted by atomic mass is 79.9. The van der Waals surface area contributed by atoms with E-state index in [1.165, 1.54) is 0 Å². The maximum atomic E-state index is 6.15. The van der Waals surface area contributed by atoms with E-state index in [1.807, 2.05) is 42.5 Å². The Bertz CT molecular complexity index is 529. The van der Waals surface area contributed by atoms with Gasteiger partial charge in [0.15, 0.2) is 0 Å². The lowest BCUT2D eigenvalue weighted by atomic mass is 10.2. The van der Waals surface area contributed by atoms with Gasteiger partial charge in [0.05, 0.1) is 9.50 Å². The number of ether oxygens (including phenoxy) is 1. The Morgan fingerprint density at radius 2 is 1.82 bits per heavy atom. The lowest BCUT2D eigenvalue weighted by Gasteiger charge is -2.12. The molecule has 0 radical (unpaired) electrons. The lowest BCUT2D eigenvalue weighted by molar-refractivity contribution is 0.476. The second-order valence-electron chi connectivity index (χ2n) is 3.39. The molecule has 0 aliphatic rings. The van der Waals surface area contributed by atoms with E-state index in [0.29, 0.717) is 16.1 Å². The molecule has 0 unspecified atom stereocenters. The van der Waals surface area contributed by atoms with Gasteiger partial charge >= 0.3 is 0 Å². The van der Waals surface area contributed by atoms with Crippen LogP contribution in [0.3, 0.4) is 0 Å². The van der Waals surface area contributed by atoms with Crippen molar-refractivity contribution in [3.8, 4) is 11.5 Å². The largest absolute Gasteiger partial charge is 0.454 e. The smallest absolute Gasteiger partial charge is 0.150 e. The highest BCUT2D eigenvalue weighted by Crippen LogP contribution is 2.36. The zero-order chi connectivity index (χ0) is 12.3. The van der Waals surface area contributed by atoms with E-state index in [4.69, 9.17) is 16.3 Å². The third kappa shape index (κ3) is 3.03. The molecule has 0 aromatic heterocycles. The molecular formula is C13H9Br2ClO. The summed E-state index contributed by atoms with van der Waals surface area (Å²) < 4.78 is 6.76. The van der Waals surface area contributed by atoms with E-state index >= 15 is 0 Å². The van der Waals surface area contributed by atoms with Crippen molar-refractivity contribution in [1.82, 2.24) is 0 Å². The molecule has 2 aromatic rings. The van der Waals surface area contributed by atoms with E-state index in [2.05, 4.69) is 31.9 Å². The first-order valence-electron chi connectivity index (χ1n) is 4.98. The molecular weight excluding hydrogens is 367 g/mol. The van der Waals surface area contributed by atoms with Crippen LogP contribution in [0.5, 0.6) is 11.5 Å². The van der Waals surface area contributed by atoms with E-state index < -0.39 is 0 Å². The molecule has 0 aliphatic carbocycles. The molecule has 4 heteroatoms. The standard InChI is InChI=1S/C13H9Br2ClO/c14-8-9-4-3-6-11(16)13(9)17-12-7-2-1-5-10(12)15/h1-7H,8H2. The summed E-state index contributed by atoms with van der Waals surface area (Å²) in [6, 6.07) is 13.4. The number of halogens is 3. The first-order valence-corrected chi connectivity index (χ1v) is 7.27. The number of para-hydroxylation sites is 2. The molecule has 88 valence electrons. The lowest BCUT2D eigenvalue weighted by Crippen LogP contribution is -1.91. The van der Waals surface area contributed by atoms with Gasteiger partial charge in [-0.2, -0.15) is 0 Å². The minimum absolute atomic E-state index is 0.609. The van der Waals surface area contributed by atoms with Crippen LogP contribution in [0.25, 0.3) is 0 Å². The van der Waals surface area contributed by atoms with Gasteiger partial charge in [0.25, 0.3) is 0 Å². The molecule has 0 saturated carbocycles. The van der Waals surface area contributed by atoms with Crippen LogP contribution in [-0.2, 0) is 5.33 Å². The minimum Gasteiger partial charge on any atom is -0.454 e. The van der Waals surface area contributed by atoms with Gasteiger partial charge in [-0.1, -0.05) is 51.8 Å². The predicted molar refractivity (Wildman–Crippen MR) is 78.3 cm³/mol. The molecule has 0 saturated heterocycles. The minimum atomic E-state index is 0.609. The molecule has 0 fully saturated rings. The maximum absolute atomic E-state index is 6.15. The quantitative estimate of drug-likeness (QED) is 0.616. The van der Waals surface area contributed by atoms with Crippen molar-refractivity contribution in [3.63, 3.8) is 0 Å². The van der Waals surface area contributed by atoms with Crippen molar-refractivity contribution in [3.05, 3.63) is 57.5 Å². The van der Waals surface area contributed by atoms with Crippen molar-refractivity contribution in [2.24, 2.45) is 0 Å². The highest BCUT2D eigenvalue weighted by Gasteiger charge is 2.10. The Morgan fingerprint density at radius 3 is 2.53 bits per heavy atom. The zero-order valence-corrected chi connectivity index (χ0v) is 12.7. The van der Waals surface area contributed by atoms with Crippen LogP contribution >= 0.6 is 43.5 Å². The van der Waals surface area contributed by atoms with E-state index in [0.717, 1.165) is 15.8 Å². The first kappa shape index (κ1) is 12.9. The average Bonchev–Trinajstić information content (AvgIpc) is 2.34. The average molecular weight is 376 g/mol. The van der Waals surface area contributed by atoms with Crippen LogP contribution in [0.4, 0.5) is 0 Å². The molecule has 0 atom stereocenters. The summed E-state index contributed by atoms with van der Waals surface area (Å²) in [4.78, 5) is 0. The summed E-state index contributed by atoms with van der Waals surface area (Å²) in [5, 5.41) is 1.31. The number of rotatable bonds is 3. The number of benzene rings is 2. The molecule has 0 heterocycles. The van der Waals surface area contributed by atoms with Gasteiger partial charge in [0, 0.05) is 10.9 Å². The van der Waals surface area contributed by atoms with Crippen LogP contribution in [0.15, 0.2) is 46.9 Å². The molecule has 0 N–H and O–H groups in total. The third-order valence-electron chi connectivity index (χ3n) is 2.24. The molecule has 0 amide bonds. The van der Waals surface area contributed by atoms with Gasteiger partial charge in [0.2, 0.25) is 0 Å². The zero-order valence-electron chi connectivity index (χ0n) is 8.79. The number of alkyl halides is 1. The predicted octanol–water partition coefficient (Wildman–Crippen LogP) is 5.79. The molecule has 1 nitrogen and oxygen atoms in total. The summed E-state index contributed by atoms with van der Waals surface area (Å²) in [7, 11) is 0. The van der Waals surface area contributed by atoms with Gasteiger partial charge in [0.1, 0.15) is 11.5 Å². The summed E-state index contributed by atoms with van der Waals surface area (Å²) >= 11 is 13.0. The van der Waals surface area contributed by atoms with Crippen molar-refractivity contribution in [1.29, 1.82) is 0 Å². The highest BCUT2D eigenvalue weighted by molar-refractivity contribution is 9.10. The van der Waals surface area contributed by atoms with E-state index in [9.17, 15) is 0 Å². The second kappa shape index (κ2) is 5.89. The molecule has 0 aliphatic heterocycles. The summed E-state index contributed by atoms with van der Waals surface area (Å²) in [5.41, 5.74) is 1.02. The molecule has 0 spiro atoms. The fraction of sp³-hybridized carbons (Fsp3) is 0.0769. The van der Waals surface area contributed by atoms with Crippen LogP contribution in [0.1, 0.15) is 5.56 Å². The topological polar surface area (TPSA) is 9.23 Å². The van der Waals surface area contributed by atoms with E-state index in [-0.39, 0.29) is 0 Å². The monoisotopic (exact) mass is 374 g/mol. The SMILES string of the molecule is Clc1cccc(CBr)c1Oc1ccccc1Br. The van der Waals surface area contributed by atoms with Gasteiger partial charge in [-0.25, -0.2) is 0 Å². The Morgan fingerprint density at radius 1 is 1.06 bits per heavy atom. The van der Waals surface area contributed by atoms with Crippen LogP contribution in [-0.4, -0.2) is 0 Å². The van der Waals surface area contributed by atoms with Gasteiger partial charge in [-0.05, 0) is 34.1 Å². The summed E-state index contributed by atoms with van der Waals surface area (Å²) in [6.45, 7) is 0. The fourth-order valence-electron chi connectivity index (χ4n) is 1.41. The van der Waals surface area contributed by atoms with Crippen LogP contribution < -0.4 is 4.74 Å². The Kier molecular flexibility index (Phi) is 4.48.